The van der Waals surface area contributed by atoms with Crippen LogP contribution in [0.5, 0.6) is 0 Å². The van der Waals surface area contributed by atoms with Gasteiger partial charge in [0.15, 0.2) is 5.69 Å². The van der Waals surface area contributed by atoms with E-state index >= 15 is 0 Å². The smallest absolute Gasteiger partial charge is 0.275 e. The van der Waals surface area contributed by atoms with Crippen molar-refractivity contribution in [3.8, 4) is 21.7 Å². The Labute approximate surface area is 199 Å². The second kappa shape index (κ2) is 9.10. The maximum atomic E-state index is 12.6. The van der Waals surface area contributed by atoms with E-state index in [4.69, 9.17) is 16.6 Å². The lowest BCUT2D eigenvalue weighted by Gasteiger charge is -2.30. The standard InChI is InChI=1S/C24H21ClN4OS2/c1-15-2-4-17(5-3-15)22-21(16-6-8-19(25)9-7-16)26-23(32-22)18-10-12-29(13-11-18)24(30)20-14-31-28-27-20/h2-9,14,18H,10-13H2,1H3. The Bertz CT molecular complexity index is 1150. The lowest BCUT2D eigenvalue weighted by atomic mass is 9.97. The molecule has 5 nitrogen and oxygen atoms in total. The number of carbonyl (C=O) groups is 1. The van der Waals surface area contributed by atoms with Gasteiger partial charge in [-0.1, -0.05) is 58.1 Å². The van der Waals surface area contributed by atoms with Crippen LogP contribution in [0.4, 0.5) is 0 Å². The minimum Gasteiger partial charge on any atom is -0.337 e. The molecule has 1 aliphatic rings. The molecule has 1 fully saturated rings. The Morgan fingerprint density at radius 3 is 2.38 bits per heavy atom. The fourth-order valence-corrected chi connectivity index (χ4v) is 5.78. The van der Waals surface area contributed by atoms with Gasteiger partial charge < -0.3 is 4.90 Å². The Morgan fingerprint density at radius 2 is 1.72 bits per heavy atom. The number of aryl methyl sites for hydroxylation is 1. The van der Waals surface area contributed by atoms with E-state index in [2.05, 4.69) is 40.8 Å². The number of hydrogen-bond acceptors (Lipinski definition) is 6. The highest BCUT2D eigenvalue weighted by Crippen LogP contribution is 2.42. The van der Waals surface area contributed by atoms with E-state index in [0.29, 0.717) is 29.7 Å². The number of halogens is 1. The summed E-state index contributed by atoms with van der Waals surface area (Å²) >= 11 is 9.09. The number of thiazole rings is 1. The maximum absolute atomic E-state index is 12.6. The Morgan fingerprint density at radius 1 is 1.03 bits per heavy atom. The van der Waals surface area contributed by atoms with Crippen LogP contribution in [0.3, 0.4) is 0 Å². The van der Waals surface area contributed by atoms with E-state index in [1.807, 2.05) is 29.2 Å². The van der Waals surface area contributed by atoms with Gasteiger partial charge in [0.1, 0.15) is 0 Å². The Hall–Kier alpha value is -2.61. The van der Waals surface area contributed by atoms with Gasteiger partial charge in [-0.05, 0) is 49.0 Å². The van der Waals surface area contributed by atoms with Gasteiger partial charge in [0.25, 0.3) is 5.91 Å². The number of carbonyl (C=O) groups excluding carboxylic acids is 1. The van der Waals surface area contributed by atoms with Crippen molar-refractivity contribution < 1.29 is 4.79 Å². The molecular weight excluding hydrogens is 460 g/mol. The summed E-state index contributed by atoms with van der Waals surface area (Å²) in [4.78, 5) is 20.7. The van der Waals surface area contributed by atoms with Gasteiger partial charge in [-0.25, -0.2) is 4.98 Å². The highest BCUT2D eigenvalue weighted by molar-refractivity contribution is 7.15. The summed E-state index contributed by atoms with van der Waals surface area (Å²) in [5, 5.41) is 7.48. The van der Waals surface area contributed by atoms with Gasteiger partial charge in [0.2, 0.25) is 0 Å². The number of piperidine rings is 1. The molecule has 0 N–H and O–H groups in total. The fourth-order valence-electron chi connectivity index (χ4n) is 3.96. The first-order chi connectivity index (χ1) is 15.6. The molecule has 3 heterocycles. The van der Waals surface area contributed by atoms with Crippen LogP contribution in [0, 0.1) is 6.92 Å². The first-order valence-electron chi connectivity index (χ1n) is 10.5. The molecule has 0 spiro atoms. The number of hydrogen-bond donors (Lipinski definition) is 0. The van der Waals surface area contributed by atoms with Gasteiger partial charge >= 0.3 is 0 Å². The number of aromatic nitrogens is 3. The summed E-state index contributed by atoms with van der Waals surface area (Å²) in [5.41, 5.74) is 4.91. The molecule has 0 aliphatic carbocycles. The van der Waals surface area contributed by atoms with E-state index < -0.39 is 0 Å². The monoisotopic (exact) mass is 480 g/mol. The van der Waals surface area contributed by atoms with Crippen LogP contribution >= 0.6 is 34.5 Å². The largest absolute Gasteiger partial charge is 0.337 e. The minimum atomic E-state index is -0.0291. The molecule has 2 aromatic heterocycles. The molecule has 162 valence electrons. The molecule has 1 amide bonds. The van der Waals surface area contributed by atoms with E-state index in [9.17, 15) is 4.79 Å². The number of nitrogens with zero attached hydrogens (tertiary/aromatic N) is 4. The first kappa shape index (κ1) is 21.2. The summed E-state index contributed by atoms with van der Waals surface area (Å²) in [6, 6.07) is 16.5. The average molecular weight is 481 g/mol. The van der Waals surface area contributed by atoms with Crippen molar-refractivity contribution in [2.75, 3.05) is 13.1 Å². The molecule has 8 heteroatoms. The van der Waals surface area contributed by atoms with Crippen LogP contribution in [-0.4, -0.2) is 38.5 Å². The third-order valence-corrected chi connectivity index (χ3v) is 7.81. The zero-order valence-electron chi connectivity index (χ0n) is 17.5. The lowest BCUT2D eigenvalue weighted by Crippen LogP contribution is -2.38. The predicted octanol–water partition coefficient (Wildman–Crippen LogP) is 6.31. The average Bonchev–Trinajstić information content (AvgIpc) is 3.51. The number of benzene rings is 2. The van der Waals surface area contributed by atoms with Crippen molar-refractivity contribution in [1.29, 1.82) is 0 Å². The normalized spacial score (nSPS) is 14.6. The maximum Gasteiger partial charge on any atom is 0.275 e. The lowest BCUT2D eigenvalue weighted by molar-refractivity contribution is 0.0707. The van der Waals surface area contributed by atoms with Crippen molar-refractivity contribution in [2.45, 2.75) is 25.7 Å². The molecule has 1 saturated heterocycles. The van der Waals surface area contributed by atoms with Gasteiger partial charge in [0, 0.05) is 35.0 Å². The van der Waals surface area contributed by atoms with Crippen molar-refractivity contribution in [3.63, 3.8) is 0 Å². The van der Waals surface area contributed by atoms with E-state index in [0.717, 1.165) is 29.1 Å². The third-order valence-electron chi connectivity index (χ3n) is 5.79. The van der Waals surface area contributed by atoms with Crippen molar-refractivity contribution in [2.24, 2.45) is 0 Å². The van der Waals surface area contributed by atoms with Crippen LogP contribution in [-0.2, 0) is 0 Å². The Balaban J connectivity index is 1.42. The zero-order valence-corrected chi connectivity index (χ0v) is 19.9. The molecule has 4 aromatic rings. The highest BCUT2D eigenvalue weighted by atomic mass is 35.5. The molecule has 5 rings (SSSR count). The molecule has 0 radical (unpaired) electrons. The molecule has 1 aliphatic heterocycles. The van der Waals surface area contributed by atoms with Crippen LogP contribution in [0.1, 0.15) is 39.8 Å². The second-order valence-electron chi connectivity index (χ2n) is 7.96. The molecule has 0 saturated carbocycles. The summed E-state index contributed by atoms with van der Waals surface area (Å²) in [6.45, 7) is 3.51. The van der Waals surface area contributed by atoms with E-state index in [1.165, 1.54) is 27.5 Å². The van der Waals surface area contributed by atoms with Crippen molar-refractivity contribution >= 4 is 40.4 Å². The molecule has 0 unspecified atom stereocenters. The van der Waals surface area contributed by atoms with Crippen LogP contribution < -0.4 is 0 Å². The Kier molecular flexibility index (Phi) is 6.04. The van der Waals surface area contributed by atoms with Crippen LogP contribution in [0.15, 0.2) is 53.9 Å². The van der Waals surface area contributed by atoms with E-state index in [1.54, 1.807) is 16.7 Å². The van der Waals surface area contributed by atoms with E-state index in [-0.39, 0.29) is 5.91 Å². The molecule has 0 bridgehead atoms. The fraction of sp³-hybridized carbons (Fsp3) is 0.250. The minimum absolute atomic E-state index is 0.0291. The second-order valence-corrected chi connectivity index (χ2v) is 10.0. The molecule has 0 atom stereocenters. The van der Waals surface area contributed by atoms with Gasteiger partial charge in [0.05, 0.1) is 15.6 Å². The third kappa shape index (κ3) is 4.33. The highest BCUT2D eigenvalue weighted by Gasteiger charge is 2.28. The molecular formula is C24H21ClN4OS2. The van der Waals surface area contributed by atoms with Crippen LogP contribution in [0.2, 0.25) is 5.02 Å². The topological polar surface area (TPSA) is 59.0 Å². The first-order valence-corrected chi connectivity index (χ1v) is 12.5. The number of likely N-dealkylation sites (tertiary alicyclic amines) is 1. The van der Waals surface area contributed by atoms with Gasteiger partial charge in [-0.3, -0.25) is 4.79 Å². The van der Waals surface area contributed by atoms with Gasteiger partial charge in [-0.2, -0.15) is 0 Å². The van der Waals surface area contributed by atoms with Crippen molar-refractivity contribution in [1.82, 2.24) is 19.5 Å². The van der Waals surface area contributed by atoms with Crippen LogP contribution in [0.25, 0.3) is 21.7 Å². The number of amides is 1. The number of rotatable bonds is 4. The zero-order chi connectivity index (χ0) is 22.1. The molecule has 2 aromatic carbocycles. The summed E-state index contributed by atoms with van der Waals surface area (Å²) in [5.74, 6) is 0.307. The quantitative estimate of drug-likeness (QED) is 0.343. The summed E-state index contributed by atoms with van der Waals surface area (Å²) in [6.07, 6.45) is 1.79. The summed E-state index contributed by atoms with van der Waals surface area (Å²) < 4.78 is 3.81. The SMILES string of the molecule is Cc1ccc(-c2sc(C3CCN(C(=O)c4csnn4)CC3)nc2-c2ccc(Cl)cc2)cc1. The van der Waals surface area contributed by atoms with Crippen molar-refractivity contribution in [3.05, 3.63) is 75.2 Å². The summed E-state index contributed by atoms with van der Waals surface area (Å²) in [7, 11) is 0. The molecule has 32 heavy (non-hydrogen) atoms. The van der Waals surface area contributed by atoms with Gasteiger partial charge in [-0.15, -0.1) is 16.4 Å². The predicted molar refractivity (Wildman–Crippen MR) is 131 cm³/mol.